The maximum atomic E-state index is 12.8. The number of hydrogen-bond donors (Lipinski definition) is 1. The molecule has 0 saturated carbocycles. The zero-order valence-electron chi connectivity index (χ0n) is 16.0. The molecule has 2 aromatic carbocycles. The molecule has 3 rings (SSSR count). The highest BCUT2D eigenvalue weighted by molar-refractivity contribution is 7.86. The number of nitrogens with zero attached hydrogens (tertiary/aromatic N) is 2. The molecule has 0 unspecified atom stereocenters. The maximum Gasteiger partial charge on any atom is 0.282 e. The molecule has 1 aliphatic heterocycles. The lowest BCUT2D eigenvalue weighted by atomic mass is 10.1. The largest absolute Gasteiger partial charge is 0.355 e. The number of aryl methyl sites for hydroxylation is 1. The first-order chi connectivity index (χ1) is 13.6. The maximum absolute atomic E-state index is 12.8. The Morgan fingerprint density at radius 3 is 2.18 bits per heavy atom. The molecule has 0 aromatic heterocycles. The second-order valence-electron chi connectivity index (χ2n) is 6.95. The van der Waals surface area contributed by atoms with Gasteiger partial charge >= 0.3 is 0 Å². The van der Waals surface area contributed by atoms with E-state index in [9.17, 15) is 13.2 Å². The van der Waals surface area contributed by atoms with E-state index in [-0.39, 0.29) is 12.5 Å². The fourth-order valence-electron chi connectivity index (χ4n) is 3.31. The molecular formula is C21H27N3O3S. The van der Waals surface area contributed by atoms with Crippen LogP contribution in [-0.4, -0.2) is 49.1 Å². The van der Waals surface area contributed by atoms with Crippen molar-refractivity contribution < 1.29 is 13.2 Å². The Bertz CT molecular complexity index is 857. The highest BCUT2D eigenvalue weighted by Gasteiger charge is 2.34. The lowest BCUT2D eigenvalue weighted by Gasteiger charge is -2.34. The smallest absolute Gasteiger partial charge is 0.282 e. The third-order valence-corrected chi connectivity index (χ3v) is 6.73. The van der Waals surface area contributed by atoms with Crippen molar-refractivity contribution in [1.29, 1.82) is 0 Å². The summed E-state index contributed by atoms with van der Waals surface area (Å²) in [5, 5.41) is 2.84. The highest BCUT2D eigenvalue weighted by atomic mass is 32.2. The number of hydrogen-bond acceptors (Lipinski definition) is 3. The van der Waals surface area contributed by atoms with Gasteiger partial charge in [-0.2, -0.15) is 17.0 Å². The molecule has 1 fully saturated rings. The Hall–Kier alpha value is -2.22. The SMILES string of the molecule is O=C(CN1CCCN(Cc2ccccc2)S1(=O)=O)NCCCc1ccccc1. The molecule has 1 N–H and O–H groups in total. The van der Waals surface area contributed by atoms with Crippen molar-refractivity contribution in [2.45, 2.75) is 25.8 Å². The van der Waals surface area contributed by atoms with Crippen LogP contribution in [0.3, 0.4) is 0 Å². The molecule has 1 aliphatic rings. The van der Waals surface area contributed by atoms with Gasteiger partial charge in [0.1, 0.15) is 0 Å². The van der Waals surface area contributed by atoms with Crippen LogP contribution in [-0.2, 0) is 28.0 Å². The van der Waals surface area contributed by atoms with E-state index >= 15 is 0 Å². The van der Waals surface area contributed by atoms with E-state index in [1.54, 1.807) is 0 Å². The Labute approximate surface area is 167 Å². The minimum Gasteiger partial charge on any atom is -0.355 e. The monoisotopic (exact) mass is 401 g/mol. The van der Waals surface area contributed by atoms with Crippen LogP contribution in [0.15, 0.2) is 60.7 Å². The number of amides is 1. The Morgan fingerprint density at radius 1 is 0.893 bits per heavy atom. The summed E-state index contributed by atoms with van der Waals surface area (Å²) in [7, 11) is -3.63. The number of benzene rings is 2. The van der Waals surface area contributed by atoms with Gasteiger partial charge in [-0.1, -0.05) is 60.7 Å². The third-order valence-electron chi connectivity index (χ3n) is 4.80. The molecular weight excluding hydrogens is 374 g/mol. The van der Waals surface area contributed by atoms with Crippen LogP contribution < -0.4 is 5.32 Å². The molecule has 1 amide bonds. The van der Waals surface area contributed by atoms with Crippen molar-refractivity contribution in [3.05, 3.63) is 71.8 Å². The summed E-state index contributed by atoms with van der Waals surface area (Å²) in [6.07, 6.45) is 2.42. The van der Waals surface area contributed by atoms with Gasteiger partial charge in [0, 0.05) is 26.2 Å². The van der Waals surface area contributed by atoms with Crippen LogP contribution in [0.5, 0.6) is 0 Å². The molecule has 2 aromatic rings. The number of carbonyl (C=O) groups excluding carboxylic acids is 1. The molecule has 1 saturated heterocycles. The van der Waals surface area contributed by atoms with Gasteiger partial charge in [-0.05, 0) is 30.4 Å². The van der Waals surface area contributed by atoms with E-state index in [1.807, 2.05) is 48.5 Å². The summed E-state index contributed by atoms with van der Waals surface area (Å²) < 4.78 is 28.4. The lowest BCUT2D eigenvalue weighted by molar-refractivity contribution is -0.121. The molecule has 0 radical (unpaired) electrons. The van der Waals surface area contributed by atoms with Crippen molar-refractivity contribution in [1.82, 2.24) is 13.9 Å². The van der Waals surface area contributed by atoms with Crippen LogP contribution in [0.25, 0.3) is 0 Å². The first-order valence-corrected chi connectivity index (χ1v) is 11.1. The van der Waals surface area contributed by atoms with Gasteiger partial charge in [-0.3, -0.25) is 4.79 Å². The van der Waals surface area contributed by atoms with Gasteiger partial charge in [0.05, 0.1) is 6.54 Å². The fourth-order valence-corrected chi connectivity index (χ4v) is 4.95. The molecule has 7 heteroatoms. The summed E-state index contributed by atoms with van der Waals surface area (Å²) >= 11 is 0. The molecule has 0 atom stereocenters. The van der Waals surface area contributed by atoms with Gasteiger partial charge in [0.15, 0.2) is 0 Å². The second kappa shape index (κ2) is 9.82. The topological polar surface area (TPSA) is 69.7 Å². The van der Waals surface area contributed by atoms with E-state index < -0.39 is 10.2 Å². The van der Waals surface area contributed by atoms with Crippen LogP contribution >= 0.6 is 0 Å². The predicted octanol–water partition coefficient (Wildman–Crippen LogP) is 2.19. The van der Waals surface area contributed by atoms with Crippen molar-refractivity contribution in [2.75, 3.05) is 26.2 Å². The van der Waals surface area contributed by atoms with Gasteiger partial charge in [0.25, 0.3) is 10.2 Å². The van der Waals surface area contributed by atoms with E-state index in [1.165, 1.54) is 14.2 Å². The van der Waals surface area contributed by atoms with Crippen LogP contribution in [0.2, 0.25) is 0 Å². The van der Waals surface area contributed by atoms with Crippen molar-refractivity contribution in [2.24, 2.45) is 0 Å². The first-order valence-electron chi connectivity index (χ1n) is 9.65. The molecule has 0 bridgehead atoms. The summed E-state index contributed by atoms with van der Waals surface area (Å²) in [6.45, 7) is 1.60. The fraction of sp³-hybridized carbons (Fsp3) is 0.381. The number of carbonyl (C=O) groups is 1. The van der Waals surface area contributed by atoms with Crippen molar-refractivity contribution in [3.8, 4) is 0 Å². The third kappa shape index (κ3) is 5.64. The normalized spacial score (nSPS) is 17.3. The predicted molar refractivity (Wildman–Crippen MR) is 110 cm³/mol. The van der Waals surface area contributed by atoms with Crippen LogP contribution in [0.4, 0.5) is 0 Å². The second-order valence-corrected chi connectivity index (χ2v) is 8.88. The van der Waals surface area contributed by atoms with Crippen LogP contribution in [0, 0.1) is 0 Å². The molecule has 0 spiro atoms. The molecule has 6 nitrogen and oxygen atoms in total. The van der Waals surface area contributed by atoms with E-state index in [4.69, 9.17) is 0 Å². The minimum atomic E-state index is -3.63. The van der Waals surface area contributed by atoms with Gasteiger partial charge in [0.2, 0.25) is 5.91 Å². The van der Waals surface area contributed by atoms with Crippen molar-refractivity contribution >= 4 is 16.1 Å². The summed E-state index contributed by atoms with van der Waals surface area (Å²) in [4.78, 5) is 12.2. The quantitative estimate of drug-likeness (QED) is 0.690. The molecule has 0 aliphatic carbocycles. The summed E-state index contributed by atoms with van der Waals surface area (Å²) in [5.74, 6) is -0.252. The molecule has 150 valence electrons. The van der Waals surface area contributed by atoms with E-state index in [0.717, 1.165) is 18.4 Å². The van der Waals surface area contributed by atoms with Crippen molar-refractivity contribution in [3.63, 3.8) is 0 Å². The number of nitrogens with one attached hydrogen (secondary N) is 1. The van der Waals surface area contributed by atoms with Crippen LogP contribution in [0.1, 0.15) is 24.0 Å². The Kier molecular flexibility index (Phi) is 7.19. The average molecular weight is 402 g/mol. The summed E-state index contributed by atoms with van der Waals surface area (Å²) in [5.41, 5.74) is 2.17. The standard InChI is InChI=1S/C21H27N3O3S/c25-21(22-14-7-13-19-9-3-1-4-10-19)18-24-16-8-15-23(28(24,26)27)17-20-11-5-2-6-12-20/h1-6,9-12H,7-8,13-18H2,(H,22,25). The Morgan fingerprint density at radius 2 is 1.50 bits per heavy atom. The van der Waals surface area contributed by atoms with E-state index in [0.29, 0.717) is 32.6 Å². The molecule has 28 heavy (non-hydrogen) atoms. The zero-order valence-corrected chi connectivity index (χ0v) is 16.8. The number of rotatable bonds is 8. The van der Waals surface area contributed by atoms with Gasteiger partial charge < -0.3 is 5.32 Å². The molecule has 1 heterocycles. The lowest BCUT2D eigenvalue weighted by Crippen LogP contribution is -2.52. The first kappa shape index (κ1) is 20.5. The highest BCUT2D eigenvalue weighted by Crippen LogP contribution is 2.19. The van der Waals surface area contributed by atoms with Gasteiger partial charge in [-0.15, -0.1) is 0 Å². The zero-order chi connectivity index (χ0) is 19.8. The van der Waals surface area contributed by atoms with Gasteiger partial charge in [-0.25, -0.2) is 0 Å². The van der Waals surface area contributed by atoms with E-state index in [2.05, 4.69) is 17.4 Å². The summed E-state index contributed by atoms with van der Waals surface area (Å²) in [6, 6.07) is 19.6. The minimum absolute atomic E-state index is 0.126. The average Bonchev–Trinajstić information content (AvgIpc) is 2.70. The Balaban J connectivity index is 1.48.